The van der Waals surface area contributed by atoms with Crippen molar-refractivity contribution in [2.75, 3.05) is 39.1 Å². The molecule has 0 radical (unpaired) electrons. The van der Waals surface area contributed by atoms with Crippen LogP contribution in [0.4, 0.5) is 13.2 Å². The number of hydrogen-bond acceptors (Lipinski definition) is 3. The van der Waals surface area contributed by atoms with Crippen molar-refractivity contribution < 1.29 is 17.9 Å². The highest BCUT2D eigenvalue weighted by atomic mass is 32.2. The minimum absolute atomic E-state index is 0.0804. The van der Waals surface area contributed by atoms with Crippen LogP contribution < -0.4 is 10.6 Å². The van der Waals surface area contributed by atoms with Crippen molar-refractivity contribution in [1.82, 2.24) is 10.6 Å². The van der Waals surface area contributed by atoms with E-state index in [0.717, 1.165) is 6.54 Å². The highest BCUT2D eigenvalue weighted by Gasteiger charge is 2.29. The Morgan fingerprint density at radius 2 is 2.14 bits per heavy atom. The molecule has 2 N–H and O–H groups in total. The maximum atomic E-state index is 11.9. The quantitative estimate of drug-likeness (QED) is 0.428. The van der Waals surface area contributed by atoms with Crippen LogP contribution in [0, 0.1) is 0 Å². The summed E-state index contributed by atoms with van der Waals surface area (Å²) in [5.74, 6) is 1.88. The number of ether oxygens (including phenoxy) is 1. The number of halogens is 3. The van der Waals surface area contributed by atoms with Crippen LogP contribution >= 0.6 is 11.8 Å². The van der Waals surface area contributed by atoms with Crippen molar-refractivity contribution in [3.8, 4) is 0 Å². The second-order valence-corrected chi connectivity index (χ2v) is 6.96. The van der Waals surface area contributed by atoms with Crippen molar-refractivity contribution in [3.05, 3.63) is 0 Å². The molecule has 8 heteroatoms. The molecule has 1 heterocycles. The van der Waals surface area contributed by atoms with Gasteiger partial charge in [-0.05, 0) is 31.9 Å². The van der Waals surface area contributed by atoms with Crippen LogP contribution in [-0.2, 0) is 4.74 Å². The number of nitrogens with one attached hydrogen (secondary N) is 2. The van der Waals surface area contributed by atoms with Gasteiger partial charge in [-0.2, -0.15) is 24.9 Å². The number of alkyl halides is 3. The molecule has 124 valence electrons. The maximum Gasteiger partial charge on any atom is 0.411 e. The SMILES string of the molecule is CN=C(NCCCOCC(F)(F)F)NCC1(C)CCCS1. The lowest BCUT2D eigenvalue weighted by molar-refractivity contribution is -0.173. The summed E-state index contributed by atoms with van der Waals surface area (Å²) >= 11 is 1.96. The van der Waals surface area contributed by atoms with E-state index in [2.05, 4.69) is 27.3 Å². The molecule has 1 saturated heterocycles. The molecule has 1 unspecified atom stereocenters. The zero-order valence-corrected chi connectivity index (χ0v) is 13.4. The normalized spacial score (nSPS) is 23.4. The van der Waals surface area contributed by atoms with E-state index in [1.54, 1.807) is 7.05 Å². The molecule has 4 nitrogen and oxygen atoms in total. The third-order valence-corrected chi connectivity index (χ3v) is 4.72. The number of hydrogen-bond donors (Lipinski definition) is 2. The Kier molecular flexibility index (Phi) is 7.65. The lowest BCUT2D eigenvalue weighted by Gasteiger charge is -2.24. The van der Waals surface area contributed by atoms with E-state index < -0.39 is 12.8 Å². The lowest BCUT2D eigenvalue weighted by Crippen LogP contribution is -2.44. The molecule has 0 spiro atoms. The van der Waals surface area contributed by atoms with Gasteiger partial charge in [0.05, 0.1) is 0 Å². The predicted molar refractivity (Wildman–Crippen MR) is 81.0 cm³/mol. The molecule has 0 amide bonds. The molecule has 0 aliphatic carbocycles. The zero-order chi connectivity index (χ0) is 15.8. The van der Waals surface area contributed by atoms with E-state index in [1.807, 2.05) is 11.8 Å². The van der Waals surface area contributed by atoms with E-state index in [9.17, 15) is 13.2 Å². The molecule has 1 rings (SSSR count). The van der Waals surface area contributed by atoms with Crippen molar-refractivity contribution in [3.63, 3.8) is 0 Å². The Balaban J connectivity index is 2.09. The van der Waals surface area contributed by atoms with Gasteiger partial charge >= 0.3 is 6.18 Å². The minimum Gasteiger partial charge on any atom is -0.372 e. The molecule has 1 aliphatic heterocycles. The molecule has 0 saturated carbocycles. The van der Waals surface area contributed by atoms with Gasteiger partial charge < -0.3 is 15.4 Å². The van der Waals surface area contributed by atoms with Crippen molar-refractivity contribution in [2.45, 2.75) is 37.1 Å². The highest BCUT2D eigenvalue weighted by Crippen LogP contribution is 2.36. The molecule has 0 aromatic heterocycles. The fourth-order valence-electron chi connectivity index (χ4n) is 2.04. The molecule has 21 heavy (non-hydrogen) atoms. The summed E-state index contributed by atoms with van der Waals surface area (Å²) < 4.78 is 40.4. The molecule has 0 aromatic carbocycles. The summed E-state index contributed by atoms with van der Waals surface area (Å²) in [4.78, 5) is 4.10. The Labute approximate surface area is 128 Å². The maximum absolute atomic E-state index is 11.9. The van der Waals surface area contributed by atoms with Gasteiger partial charge in [0.2, 0.25) is 0 Å². The predicted octanol–water partition coefficient (Wildman–Crippen LogP) is 2.41. The number of rotatable bonds is 7. The van der Waals surface area contributed by atoms with Crippen LogP contribution in [0.2, 0.25) is 0 Å². The van der Waals surface area contributed by atoms with Crippen LogP contribution in [0.3, 0.4) is 0 Å². The number of guanidine groups is 1. The van der Waals surface area contributed by atoms with E-state index in [4.69, 9.17) is 0 Å². The van der Waals surface area contributed by atoms with Crippen LogP contribution in [-0.4, -0.2) is 56.0 Å². The molecule has 1 fully saturated rings. The number of thioether (sulfide) groups is 1. The van der Waals surface area contributed by atoms with E-state index >= 15 is 0 Å². The average Bonchev–Trinajstić information content (AvgIpc) is 2.83. The summed E-state index contributed by atoms with van der Waals surface area (Å²) in [6.45, 7) is 2.49. The molecular weight excluding hydrogens is 303 g/mol. The van der Waals surface area contributed by atoms with Crippen LogP contribution in [0.15, 0.2) is 4.99 Å². The van der Waals surface area contributed by atoms with Gasteiger partial charge in [0.1, 0.15) is 6.61 Å². The lowest BCUT2D eigenvalue weighted by atomic mass is 10.1. The van der Waals surface area contributed by atoms with E-state index in [0.29, 0.717) is 18.9 Å². The van der Waals surface area contributed by atoms with Crippen molar-refractivity contribution >= 4 is 17.7 Å². The molecule has 1 aliphatic rings. The van der Waals surface area contributed by atoms with Gasteiger partial charge in [-0.1, -0.05) is 0 Å². The first kappa shape index (κ1) is 18.4. The van der Waals surface area contributed by atoms with Crippen molar-refractivity contribution in [2.24, 2.45) is 4.99 Å². The second kappa shape index (κ2) is 8.73. The first-order valence-corrected chi connectivity index (χ1v) is 8.06. The standard InChI is InChI=1S/C13H24F3N3OS/c1-12(5-3-8-21-12)9-19-11(17-2)18-6-4-7-20-10-13(14,15)16/h3-10H2,1-2H3,(H2,17,18,19). The Hall–Kier alpha value is -0.630. The fourth-order valence-corrected chi connectivity index (χ4v) is 3.28. The van der Waals surface area contributed by atoms with Gasteiger partial charge in [-0.3, -0.25) is 4.99 Å². The van der Waals surface area contributed by atoms with Crippen LogP contribution in [0.25, 0.3) is 0 Å². The van der Waals surface area contributed by atoms with Crippen LogP contribution in [0.5, 0.6) is 0 Å². The van der Waals surface area contributed by atoms with Gasteiger partial charge in [-0.15, -0.1) is 0 Å². The highest BCUT2D eigenvalue weighted by molar-refractivity contribution is 8.00. The summed E-state index contributed by atoms with van der Waals surface area (Å²) in [5.41, 5.74) is 0. The molecule has 0 bridgehead atoms. The first-order chi connectivity index (χ1) is 9.85. The fraction of sp³-hybridized carbons (Fsp3) is 0.923. The van der Waals surface area contributed by atoms with Crippen molar-refractivity contribution in [1.29, 1.82) is 0 Å². The summed E-state index contributed by atoms with van der Waals surface area (Å²) in [6, 6.07) is 0. The zero-order valence-electron chi connectivity index (χ0n) is 12.6. The molecule has 0 aromatic rings. The monoisotopic (exact) mass is 327 g/mol. The molecule has 1 atom stereocenters. The Bertz CT molecular complexity index is 331. The number of aliphatic imine (C=N–C) groups is 1. The molecular formula is C13H24F3N3OS. The average molecular weight is 327 g/mol. The summed E-state index contributed by atoms with van der Waals surface area (Å²) in [5, 5.41) is 6.34. The van der Waals surface area contributed by atoms with Gasteiger partial charge in [0, 0.05) is 31.5 Å². The van der Waals surface area contributed by atoms with Gasteiger partial charge in [0.15, 0.2) is 5.96 Å². The van der Waals surface area contributed by atoms with E-state index in [-0.39, 0.29) is 11.4 Å². The smallest absolute Gasteiger partial charge is 0.372 e. The van der Waals surface area contributed by atoms with Crippen LogP contribution in [0.1, 0.15) is 26.2 Å². The first-order valence-electron chi connectivity index (χ1n) is 7.08. The largest absolute Gasteiger partial charge is 0.411 e. The van der Waals surface area contributed by atoms with Gasteiger partial charge in [0.25, 0.3) is 0 Å². The topological polar surface area (TPSA) is 45.7 Å². The number of nitrogens with zero attached hydrogens (tertiary/aromatic N) is 1. The minimum atomic E-state index is -4.25. The van der Waals surface area contributed by atoms with Gasteiger partial charge in [-0.25, -0.2) is 0 Å². The third-order valence-electron chi connectivity index (χ3n) is 3.18. The Morgan fingerprint density at radius 1 is 1.38 bits per heavy atom. The Morgan fingerprint density at radius 3 is 2.71 bits per heavy atom. The second-order valence-electron chi connectivity index (χ2n) is 5.28. The summed E-state index contributed by atoms with van der Waals surface area (Å²) in [7, 11) is 1.68. The third kappa shape index (κ3) is 8.40. The summed E-state index contributed by atoms with van der Waals surface area (Å²) in [6.07, 6.45) is -1.32. The van der Waals surface area contributed by atoms with E-state index in [1.165, 1.54) is 18.6 Å².